The average Bonchev–Trinajstić information content (AvgIpc) is 2.47. The topological polar surface area (TPSA) is 15.3 Å². The fraction of sp³-hybridized carbons (Fsp3) is 1.00. The van der Waals surface area contributed by atoms with Crippen LogP contribution in [-0.4, -0.2) is 37.6 Å². The number of hydrogen-bond acceptors (Lipinski definition) is 2. The van der Waals surface area contributed by atoms with E-state index in [2.05, 4.69) is 31.0 Å². The molecule has 4 heteroatoms. The molecule has 1 unspecified atom stereocenters. The molecular weight excluding hydrogens is 255 g/mol. The van der Waals surface area contributed by atoms with Crippen LogP contribution in [0.1, 0.15) is 40.0 Å². The Morgan fingerprint density at radius 2 is 1.88 bits per heavy atom. The fourth-order valence-electron chi connectivity index (χ4n) is 3.21. The number of hydrogen-bond donors (Lipinski definition) is 1. The summed E-state index contributed by atoms with van der Waals surface area (Å²) < 4.78 is 0. The Morgan fingerprint density at radius 3 is 2.41 bits per heavy atom. The van der Waals surface area contributed by atoms with Crippen LogP contribution in [0.4, 0.5) is 0 Å². The van der Waals surface area contributed by atoms with Gasteiger partial charge in [0.1, 0.15) is 0 Å². The number of rotatable bonds is 1. The van der Waals surface area contributed by atoms with E-state index in [9.17, 15) is 0 Å². The first kappa shape index (κ1) is 17.5. The molecule has 0 radical (unpaired) electrons. The van der Waals surface area contributed by atoms with E-state index in [1.807, 2.05) is 0 Å². The highest BCUT2D eigenvalue weighted by Crippen LogP contribution is 2.37. The van der Waals surface area contributed by atoms with Gasteiger partial charge in [0, 0.05) is 19.6 Å². The van der Waals surface area contributed by atoms with Crippen LogP contribution < -0.4 is 5.32 Å². The smallest absolute Gasteiger partial charge is 0.00509 e. The number of likely N-dealkylation sites (tertiary alicyclic amines) is 1. The SMILES string of the molecule is CC(C)(C)CN1CCC2(CCCNC2)C1.Cl.Cl. The summed E-state index contributed by atoms with van der Waals surface area (Å²) in [4.78, 5) is 2.67. The van der Waals surface area contributed by atoms with Crippen LogP contribution in [0.2, 0.25) is 0 Å². The lowest BCUT2D eigenvalue weighted by atomic mass is 9.80. The van der Waals surface area contributed by atoms with Crippen LogP contribution >= 0.6 is 24.8 Å². The summed E-state index contributed by atoms with van der Waals surface area (Å²) in [7, 11) is 0. The Labute approximate surface area is 119 Å². The van der Waals surface area contributed by atoms with Crippen LogP contribution in [0, 0.1) is 10.8 Å². The van der Waals surface area contributed by atoms with E-state index < -0.39 is 0 Å². The van der Waals surface area contributed by atoms with Gasteiger partial charge >= 0.3 is 0 Å². The molecule has 2 nitrogen and oxygen atoms in total. The average molecular weight is 283 g/mol. The van der Waals surface area contributed by atoms with E-state index in [1.165, 1.54) is 52.0 Å². The predicted octanol–water partition coefficient (Wildman–Crippen LogP) is 2.95. The molecule has 1 N–H and O–H groups in total. The zero-order valence-electron chi connectivity index (χ0n) is 11.4. The van der Waals surface area contributed by atoms with Crippen LogP contribution in [0.15, 0.2) is 0 Å². The Hall–Kier alpha value is 0.500. The largest absolute Gasteiger partial charge is 0.316 e. The van der Waals surface area contributed by atoms with E-state index in [4.69, 9.17) is 0 Å². The monoisotopic (exact) mass is 282 g/mol. The van der Waals surface area contributed by atoms with Crippen molar-refractivity contribution in [2.75, 3.05) is 32.7 Å². The van der Waals surface area contributed by atoms with Crippen molar-refractivity contribution in [2.24, 2.45) is 10.8 Å². The molecule has 2 aliphatic rings. The van der Waals surface area contributed by atoms with Crippen molar-refractivity contribution >= 4 is 24.8 Å². The molecule has 1 atom stereocenters. The summed E-state index contributed by atoms with van der Waals surface area (Å²) in [5.41, 5.74) is 1.08. The van der Waals surface area contributed by atoms with Crippen LogP contribution in [0.25, 0.3) is 0 Å². The van der Waals surface area contributed by atoms with E-state index in [0.29, 0.717) is 10.8 Å². The number of nitrogens with zero attached hydrogens (tertiary/aromatic N) is 1. The minimum Gasteiger partial charge on any atom is -0.316 e. The molecule has 0 aromatic carbocycles. The van der Waals surface area contributed by atoms with E-state index in [0.717, 1.165) is 0 Å². The second kappa shape index (κ2) is 6.60. The van der Waals surface area contributed by atoms with Crippen molar-refractivity contribution in [3.8, 4) is 0 Å². The standard InChI is InChI=1S/C13H26N2.2ClH/c1-12(2,3)10-15-8-6-13(11-15)5-4-7-14-9-13;;/h14H,4-11H2,1-3H3;2*1H. The van der Waals surface area contributed by atoms with Gasteiger partial charge in [-0.05, 0) is 43.2 Å². The maximum atomic E-state index is 3.57. The van der Waals surface area contributed by atoms with Gasteiger partial charge in [0.2, 0.25) is 0 Å². The summed E-state index contributed by atoms with van der Waals surface area (Å²) in [6.07, 6.45) is 4.24. The molecule has 0 bridgehead atoms. The van der Waals surface area contributed by atoms with Gasteiger partial charge in [0.15, 0.2) is 0 Å². The molecule has 0 aromatic rings. The van der Waals surface area contributed by atoms with Crippen LogP contribution in [0.3, 0.4) is 0 Å². The van der Waals surface area contributed by atoms with Crippen molar-refractivity contribution in [1.29, 1.82) is 0 Å². The van der Waals surface area contributed by atoms with E-state index >= 15 is 0 Å². The Kier molecular flexibility index (Phi) is 6.80. The molecule has 0 saturated carbocycles. The Bertz CT molecular complexity index is 220. The lowest BCUT2D eigenvalue weighted by Gasteiger charge is -2.35. The highest BCUT2D eigenvalue weighted by Gasteiger charge is 2.39. The second-order valence-corrected chi connectivity index (χ2v) is 6.80. The molecular formula is C13H28Cl2N2. The molecule has 2 aliphatic heterocycles. The van der Waals surface area contributed by atoms with Crippen LogP contribution in [-0.2, 0) is 0 Å². The molecule has 0 amide bonds. The third-order valence-electron chi connectivity index (χ3n) is 3.78. The fourth-order valence-corrected chi connectivity index (χ4v) is 3.21. The quantitative estimate of drug-likeness (QED) is 0.796. The first-order valence-corrected chi connectivity index (χ1v) is 6.42. The normalized spacial score (nSPS) is 29.8. The summed E-state index contributed by atoms with van der Waals surface area (Å²) in [5.74, 6) is 0. The first-order chi connectivity index (χ1) is 6.99. The van der Waals surface area contributed by atoms with Gasteiger partial charge in [-0.15, -0.1) is 24.8 Å². The van der Waals surface area contributed by atoms with Crippen molar-refractivity contribution in [2.45, 2.75) is 40.0 Å². The molecule has 0 aliphatic carbocycles. The van der Waals surface area contributed by atoms with Gasteiger partial charge in [-0.2, -0.15) is 0 Å². The third-order valence-corrected chi connectivity index (χ3v) is 3.78. The molecule has 104 valence electrons. The molecule has 2 fully saturated rings. The minimum atomic E-state index is 0. The Balaban J connectivity index is 0.00000128. The number of nitrogens with one attached hydrogen (secondary N) is 1. The zero-order valence-corrected chi connectivity index (χ0v) is 13.1. The highest BCUT2D eigenvalue weighted by molar-refractivity contribution is 5.85. The van der Waals surface area contributed by atoms with Gasteiger partial charge in [-0.3, -0.25) is 0 Å². The first-order valence-electron chi connectivity index (χ1n) is 6.42. The summed E-state index contributed by atoms with van der Waals surface area (Å²) in [5, 5.41) is 3.57. The summed E-state index contributed by atoms with van der Waals surface area (Å²) in [6.45, 7) is 13.4. The summed E-state index contributed by atoms with van der Waals surface area (Å²) in [6, 6.07) is 0. The van der Waals surface area contributed by atoms with Gasteiger partial charge in [0.25, 0.3) is 0 Å². The lowest BCUT2D eigenvalue weighted by Crippen LogP contribution is -2.42. The maximum absolute atomic E-state index is 3.57. The second-order valence-electron chi connectivity index (χ2n) is 6.80. The van der Waals surface area contributed by atoms with Gasteiger partial charge < -0.3 is 10.2 Å². The third kappa shape index (κ3) is 4.94. The van der Waals surface area contributed by atoms with Gasteiger partial charge in [-0.1, -0.05) is 20.8 Å². The minimum absolute atomic E-state index is 0. The van der Waals surface area contributed by atoms with Crippen molar-refractivity contribution in [3.05, 3.63) is 0 Å². The van der Waals surface area contributed by atoms with Gasteiger partial charge in [-0.25, -0.2) is 0 Å². The predicted molar refractivity (Wildman–Crippen MR) is 79.5 cm³/mol. The van der Waals surface area contributed by atoms with Crippen molar-refractivity contribution < 1.29 is 0 Å². The molecule has 0 aromatic heterocycles. The lowest BCUT2D eigenvalue weighted by molar-refractivity contribution is 0.173. The number of piperidine rings is 1. The number of halogens is 2. The molecule has 2 rings (SSSR count). The maximum Gasteiger partial charge on any atom is 0.00509 e. The van der Waals surface area contributed by atoms with Crippen molar-refractivity contribution in [3.63, 3.8) is 0 Å². The zero-order chi connectivity index (χ0) is 10.9. The molecule has 1 spiro atoms. The van der Waals surface area contributed by atoms with E-state index in [-0.39, 0.29) is 24.8 Å². The molecule has 17 heavy (non-hydrogen) atoms. The van der Waals surface area contributed by atoms with Crippen LogP contribution in [0.5, 0.6) is 0 Å². The summed E-state index contributed by atoms with van der Waals surface area (Å²) >= 11 is 0. The van der Waals surface area contributed by atoms with E-state index in [1.54, 1.807) is 0 Å². The molecule has 2 saturated heterocycles. The highest BCUT2D eigenvalue weighted by atomic mass is 35.5. The molecule has 2 heterocycles. The van der Waals surface area contributed by atoms with Gasteiger partial charge in [0.05, 0.1) is 0 Å². The van der Waals surface area contributed by atoms with Crippen molar-refractivity contribution in [1.82, 2.24) is 10.2 Å². The Morgan fingerprint density at radius 1 is 1.18 bits per heavy atom.